The second-order valence-corrected chi connectivity index (χ2v) is 8.26. The number of hydrogen-bond donors (Lipinski definition) is 2. The molecule has 0 aliphatic carbocycles. The summed E-state index contributed by atoms with van der Waals surface area (Å²) in [5, 5.41) is 5.61. The van der Waals surface area contributed by atoms with Gasteiger partial charge in [-0.1, -0.05) is 72.8 Å². The molecule has 0 saturated heterocycles. The summed E-state index contributed by atoms with van der Waals surface area (Å²) in [6, 6.07) is 27.6. The molecule has 0 bridgehead atoms. The van der Waals surface area contributed by atoms with Crippen molar-refractivity contribution in [1.82, 2.24) is 5.32 Å². The van der Waals surface area contributed by atoms with Crippen LogP contribution in [-0.4, -0.2) is 17.1 Å². The Morgan fingerprint density at radius 1 is 0.931 bits per heavy atom. The number of fused-ring (bicyclic) bond motifs is 1. The summed E-state index contributed by atoms with van der Waals surface area (Å²) in [6.07, 6.45) is 0.840. The van der Waals surface area contributed by atoms with Crippen molar-refractivity contribution in [2.24, 2.45) is 0 Å². The molecule has 4 nitrogen and oxygen atoms in total. The molecule has 1 aliphatic heterocycles. The van der Waals surface area contributed by atoms with Gasteiger partial charge in [0.2, 0.25) is 11.8 Å². The van der Waals surface area contributed by atoms with E-state index in [2.05, 4.69) is 22.8 Å². The SMILES string of the molecule is O=C(C[C@@H]1Sc2ccccc2NC1=O)N[C@H](Cc1ccccc1)c1ccccc1. The van der Waals surface area contributed by atoms with E-state index >= 15 is 0 Å². The van der Waals surface area contributed by atoms with Crippen LogP contribution in [0.4, 0.5) is 5.69 Å². The van der Waals surface area contributed by atoms with E-state index in [-0.39, 0.29) is 24.3 Å². The molecule has 2 amide bonds. The molecule has 29 heavy (non-hydrogen) atoms. The van der Waals surface area contributed by atoms with Crippen molar-refractivity contribution in [3.05, 3.63) is 96.1 Å². The Morgan fingerprint density at radius 2 is 1.59 bits per heavy atom. The van der Waals surface area contributed by atoms with Gasteiger partial charge in [0, 0.05) is 11.3 Å². The fraction of sp³-hybridized carbons (Fsp3) is 0.167. The molecule has 3 aromatic rings. The molecule has 0 fully saturated rings. The molecule has 2 N–H and O–H groups in total. The largest absolute Gasteiger partial charge is 0.349 e. The minimum atomic E-state index is -0.432. The summed E-state index contributed by atoms with van der Waals surface area (Å²) < 4.78 is 0. The summed E-state index contributed by atoms with van der Waals surface area (Å²) in [7, 11) is 0. The lowest BCUT2D eigenvalue weighted by molar-refractivity contribution is -0.124. The van der Waals surface area contributed by atoms with E-state index in [0.717, 1.165) is 21.7 Å². The molecule has 0 radical (unpaired) electrons. The normalized spacial score (nSPS) is 16.4. The summed E-state index contributed by atoms with van der Waals surface area (Å²) in [6.45, 7) is 0. The molecule has 1 aliphatic rings. The first-order valence-electron chi connectivity index (χ1n) is 9.64. The van der Waals surface area contributed by atoms with Gasteiger partial charge in [0.05, 0.1) is 17.0 Å². The molecular weight excluding hydrogens is 380 g/mol. The van der Waals surface area contributed by atoms with Crippen LogP contribution >= 0.6 is 11.8 Å². The first-order chi connectivity index (χ1) is 14.2. The van der Waals surface area contributed by atoms with Crippen molar-refractivity contribution < 1.29 is 9.59 Å². The maximum absolute atomic E-state index is 12.8. The van der Waals surface area contributed by atoms with E-state index in [9.17, 15) is 9.59 Å². The quantitative estimate of drug-likeness (QED) is 0.634. The number of carbonyl (C=O) groups excluding carboxylic acids is 2. The number of anilines is 1. The van der Waals surface area contributed by atoms with Crippen LogP contribution < -0.4 is 10.6 Å². The van der Waals surface area contributed by atoms with E-state index in [1.807, 2.05) is 72.8 Å². The minimum absolute atomic E-state index is 0.122. The van der Waals surface area contributed by atoms with Gasteiger partial charge in [0.25, 0.3) is 0 Å². The zero-order valence-electron chi connectivity index (χ0n) is 15.9. The lowest BCUT2D eigenvalue weighted by atomic mass is 9.98. The Bertz CT molecular complexity index is 992. The second-order valence-electron chi connectivity index (χ2n) is 7.02. The highest BCUT2D eigenvalue weighted by Crippen LogP contribution is 2.36. The van der Waals surface area contributed by atoms with Crippen molar-refractivity contribution >= 4 is 29.3 Å². The number of rotatable bonds is 6. The zero-order chi connectivity index (χ0) is 20.1. The van der Waals surface area contributed by atoms with Gasteiger partial charge in [-0.2, -0.15) is 0 Å². The number of thioether (sulfide) groups is 1. The topological polar surface area (TPSA) is 58.2 Å². The molecule has 2 atom stereocenters. The van der Waals surface area contributed by atoms with Gasteiger partial charge >= 0.3 is 0 Å². The number of benzene rings is 3. The fourth-order valence-electron chi connectivity index (χ4n) is 3.44. The maximum Gasteiger partial charge on any atom is 0.238 e. The smallest absolute Gasteiger partial charge is 0.238 e. The molecule has 0 spiro atoms. The third-order valence-electron chi connectivity index (χ3n) is 4.90. The average molecular weight is 403 g/mol. The number of nitrogens with one attached hydrogen (secondary N) is 2. The Kier molecular flexibility index (Phi) is 5.96. The van der Waals surface area contributed by atoms with Crippen LogP contribution in [0.2, 0.25) is 0 Å². The van der Waals surface area contributed by atoms with Crippen LogP contribution in [0.1, 0.15) is 23.6 Å². The van der Waals surface area contributed by atoms with Crippen LogP contribution in [0.3, 0.4) is 0 Å². The summed E-state index contributed by atoms with van der Waals surface area (Å²) in [5.74, 6) is -0.245. The third-order valence-corrected chi connectivity index (χ3v) is 6.17. The Labute approximate surface area is 174 Å². The fourth-order valence-corrected chi connectivity index (χ4v) is 4.55. The van der Waals surface area contributed by atoms with Gasteiger partial charge in [0.1, 0.15) is 0 Å². The summed E-state index contributed by atoms with van der Waals surface area (Å²) >= 11 is 1.45. The van der Waals surface area contributed by atoms with E-state index in [4.69, 9.17) is 0 Å². The van der Waals surface area contributed by atoms with Crippen LogP contribution in [0.5, 0.6) is 0 Å². The van der Waals surface area contributed by atoms with Gasteiger partial charge in [0.15, 0.2) is 0 Å². The van der Waals surface area contributed by atoms with Gasteiger partial charge in [-0.3, -0.25) is 9.59 Å². The monoisotopic (exact) mass is 402 g/mol. The zero-order valence-corrected chi connectivity index (χ0v) is 16.7. The number of amides is 2. The molecular formula is C24H22N2O2S. The molecule has 0 aromatic heterocycles. The summed E-state index contributed by atoms with van der Waals surface area (Å²) in [5.41, 5.74) is 3.02. The molecule has 0 saturated carbocycles. The lowest BCUT2D eigenvalue weighted by Crippen LogP contribution is -2.36. The highest BCUT2D eigenvalue weighted by atomic mass is 32.2. The van der Waals surface area contributed by atoms with Crippen LogP contribution in [0.25, 0.3) is 0 Å². The van der Waals surface area contributed by atoms with Gasteiger partial charge in [-0.25, -0.2) is 0 Å². The van der Waals surface area contributed by atoms with E-state index in [0.29, 0.717) is 6.42 Å². The van der Waals surface area contributed by atoms with E-state index < -0.39 is 5.25 Å². The van der Waals surface area contributed by atoms with Crippen LogP contribution in [-0.2, 0) is 16.0 Å². The molecule has 4 rings (SSSR count). The molecule has 1 heterocycles. The Hall–Kier alpha value is -3.05. The molecule has 146 valence electrons. The summed E-state index contributed by atoms with van der Waals surface area (Å²) in [4.78, 5) is 26.3. The molecule has 0 unspecified atom stereocenters. The second kappa shape index (κ2) is 8.97. The Balaban J connectivity index is 1.46. The third kappa shape index (κ3) is 4.87. The van der Waals surface area contributed by atoms with Crippen molar-refractivity contribution in [3.8, 4) is 0 Å². The maximum atomic E-state index is 12.8. The predicted molar refractivity (Wildman–Crippen MR) is 117 cm³/mol. The predicted octanol–water partition coefficient (Wildman–Crippen LogP) is 4.59. The number of carbonyl (C=O) groups is 2. The number of para-hydroxylation sites is 1. The highest BCUT2D eigenvalue weighted by molar-refractivity contribution is 8.01. The molecule has 3 aromatic carbocycles. The minimum Gasteiger partial charge on any atom is -0.349 e. The standard InChI is InChI=1S/C24H22N2O2S/c27-23(16-22-24(28)26-19-13-7-8-14-21(19)29-22)25-20(18-11-5-2-6-12-18)15-17-9-3-1-4-10-17/h1-14,20,22H,15-16H2,(H,25,27)(H,26,28)/t20-,22+/m1/s1. The van der Waals surface area contributed by atoms with Gasteiger partial charge < -0.3 is 10.6 Å². The first-order valence-corrected chi connectivity index (χ1v) is 10.5. The van der Waals surface area contributed by atoms with Crippen molar-refractivity contribution in [3.63, 3.8) is 0 Å². The highest BCUT2D eigenvalue weighted by Gasteiger charge is 2.29. The first kappa shape index (κ1) is 19.3. The van der Waals surface area contributed by atoms with Crippen LogP contribution in [0, 0.1) is 0 Å². The average Bonchev–Trinajstić information content (AvgIpc) is 2.75. The van der Waals surface area contributed by atoms with E-state index in [1.54, 1.807) is 0 Å². The van der Waals surface area contributed by atoms with Crippen molar-refractivity contribution in [2.75, 3.05) is 5.32 Å². The number of hydrogen-bond acceptors (Lipinski definition) is 3. The van der Waals surface area contributed by atoms with E-state index in [1.165, 1.54) is 11.8 Å². The Morgan fingerprint density at radius 3 is 2.34 bits per heavy atom. The van der Waals surface area contributed by atoms with Gasteiger partial charge in [-0.15, -0.1) is 11.8 Å². The van der Waals surface area contributed by atoms with Crippen molar-refractivity contribution in [2.45, 2.75) is 29.0 Å². The van der Waals surface area contributed by atoms with Gasteiger partial charge in [-0.05, 0) is 29.7 Å². The molecule has 5 heteroatoms. The lowest BCUT2D eigenvalue weighted by Gasteiger charge is -2.25. The van der Waals surface area contributed by atoms with Crippen molar-refractivity contribution in [1.29, 1.82) is 0 Å². The van der Waals surface area contributed by atoms with Crippen LogP contribution in [0.15, 0.2) is 89.8 Å².